The highest BCUT2D eigenvalue weighted by Gasteiger charge is 2.03. The average Bonchev–Trinajstić information content (AvgIpc) is 2.84. The maximum atomic E-state index is 11.9. The molecule has 0 aromatic carbocycles. The van der Waals surface area contributed by atoms with Gasteiger partial charge >= 0.3 is 5.97 Å². The Labute approximate surface area is 215 Å². The fraction of sp³-hybridized carbons (Fsp3) is 0.969. The van der Waals surface area contributed by atoms with Gasteiger partial charge in [0.15, 0.2) is 0 Å². The van der Waals surface area contributed by atoms with E-state index in [1.165, 1.54) is 148 Å². The summed E-state index contributed by atoms with van der Waals surface area (Å²) in [5, 5.41) is 0. The average molecular weight is 481 g/mol. The molecule has 0 heterocycles. The summed E-state index contributed by atoms with van der Waals surface area (Å²) in [6.07, 6.45) is 34.2. The maximum Gasteiger partial charge on any atom is 0.305 e. The van der Waals surface area contributed by atoms with E-state index in [0.29, 0.717) is 13.0 Å². The molecule has 0 aromatic heterocycles. The topological polar surface area (TPSA) is 26.3 Å². The van der Waals surface area contributed by atoms with Gasteiger partial charge in [-0.05, 0) is 18.8 Å². The van der Waals surface area contributed by atoms with Gasteiger partial charge in [0.1, 0.15) is 0 Å². The fourth-order valence-electron chi connectivity index (χ4n) is 4.76. The van der Waals surface area contributed by atoms with E-state index in [4.69, 9.17) is 4.74 Å². The zero-order valence-electron chi connectivity index (χ0n) is 24.0. The molecule has 2 heteroatoms. The summed E-state index contributed by atoms with van der Waals surface area (Å²) < 4.78 is 5.42. The molecule has 0 N–H and O–H groups in total. The fourth-order valence-corrected chi connectivity index (χ4v) is 4.76. The first-order valence-electron chi connectivity index (χ1n) is 15.9. The molecule has 204 valence electrons. The Morgan fingerprint density at radius 2 is 0.912 bits per heavy atom. The monoisotopic (exact) mass is 480 g/mol. The van der Waals surface area contributed by atoms with Crippen LogP contribution in [-0.2, 0) is 9.53 Å². The molecule has 0 fully saturated rings. The number of carbonyl (C=O) groups excluding carboxylic acids is 1. The molecule has 2 nitrogen and oxygen atoms in total. The van der Waals surface area contributed by atoms with Crippen molar-refractivity contribution in [3.63, 3.8) is 0 Å². The molecule has 0 aromatic rings. The molecule has 1 atom stereocenters. The molecule has 0 aliphatic heterocycles. The Morgan fingerprint density at radius 3 is 1.35 bits per heavy atom. The first-order valence-corrected chi connectivity index (χ1v) is 15.9. The van der Waals surface area contributed by atoms with Crippen LogP contribution in [0.1, 0.15) is 188 Å². The van der Waals surface area contributed by atoms with Gasteiger partial charge in [0, 0.05) is 6.42 Å². The molecule has 0 aliphatic carbocycles. The van der Waals surface area contributed by atoms with Gasteiger partial charge in [-0.3, -0.25) is 4.79 Å². The summed E-state index contributed by atoms with van der Waals surface area (Å²) in [4.78, 5) is 11.9. The Bertz CT molecular complexity index is 392. The lowest BCUT2D eigenvalue weighted by Gasteiger charge is -2.07. The zero-order chi connectivity index (χ0) is 25.0. The molecule has 0 rings (SSSR count). The lowest BCUT2D eigenvalue weighted by Crippen LogP contribution is -2.05. The normalized spacial score (nSPS) is 12.2. The van der Waals surface area contributed by atoms with Crippen LogP contribution in [0.2, 0.25) is 0 Å². The molecule has 0 saturated carbocycles. The van der Waals surface area contributed by atoms with Crippen molar-refractivity contribution in [3.8, 4) is 0 Å². The van der Waals surface area contributed by atoms with E-state index in [9.17, 15) is 4.79 Å². The van der Waals surface area contributed by atoms with Gasteiger partial charge in [-0.1, -0.05) is 168 Å². The molecule has 0 bridgehead atoms. The van der Waals surface area contributed by atoms with Gasteiger partial charge in [0.25, 0.3) is 0 Å². The van der Waals surface area contributed by atoms with Crippen molar-refractivity contribution in [1.29, 1.82) is 0 Å². The molecule has 0 saturated heterocycles. The van der Waals surface area contributed by atoms with Crippen molar-refractivity contribution in [3.05, 3.63) is 0 Å². The van der Waals surface area contributed by atoms with Crippen LogP contribution < -0.4 is 0 Å². The molecule has 34 heavy (non-hydrogen) atoms. The molecular formula is C32H64O2. The largest absolute Gasteiger partial charge is 0.466 e. The van der Waals surface area contributed by atoms with Gasteiger partial charge in [0.05, 0.1) is 6.61 Å². The van der Waals surface area contributed by atoms with Crippen LogP contribution in [0.5, 0.6) is 0 Å². The van der Waals surface area contributed by atoms with Crippen LogP contribution >= 0.6 is 0 Å². The van der Waals surface area contributed by atoms with Gasteiger partial charge in [0.2, 0.25) is 0 Å². The summed E-state index contributed by atoms with van der Waals surface area (Å²) >= 11 is 0. The zero-order valence-corrected chi connectivity index (χ0v) is 24.0. The second-order valence-corrected chi connectivity index (χ2v) is 11.1. The van der Waals surface area contributed by atoms with E-state index in [-0.39, 0.29) is 5.97 Å². The Kier molecular flexibility index (Phi) is 28.3. The highest BCUT2D eigenvalue weighted by Crippen LogP contribution is 2.16. The number of carbonyl (C=O) groups is 1. The highest BCUT2D eigenvalue weighted by atomic mass is 16.5. The van der Waals surface area contributed by atoms with E-state index in [1.54, 1.807) is 0 Å². The summed E-state index contributed by atoms with van der Waals surface area (Å²) in [6.45, 7) is 7.59. The number of unbranched alkanes of at least 4 members (excludes halogenated alkanes) is 21. The third kappa shape index (κ3) is 27.7. The first-order chi connectivity index (χ1) is 16.7. The Balaban J connectivity index is 3.16. The summed E-state index contributed by atoms with van der Waals surface area (Å²) in [6, 6.07) is 0. The number of rotatable bonds is 28. The molecule has 1 unspecified atom stereocenters. The van der Waals surface area contributed by atoms with Crippen LogP contribution in [-0.4, -0.2) is 12.6 Å². The first kappa shape index (κ1) is 33.5. The Morgan fingerprint density at radius 1 is 0.529 bits per heavy atom. The van der Waals surface area contributed by atoms with Crippen molar-refractivity contribution in [2.75, 3.05) is 6.61 Å². The SMILES string of the molecule is CCCCCCCCCCCCCCCOC(=O)CCCCCCCCCCCCC(C)CC. The second kappa shape index (κ2) is 28.7. The highest BCUT2D eigenvalue weighted by molar-refractivity contribution is 5.69. The van der Waals surface area contributed by atoms with Crippen molar-refractivity contribution in [2.24, 2.45) is 5.92 Å². The lowest BCUT2D eigenvalue weighted by molar-refractivity contribution is -0.143. The van der Waals surface area contributed by atoms with Crippen molar-refractivity contribution in [2.45, 2.75) is 188 Å². The maximum absolute atomic E-state index is 11.9. The minimum Gasteiger partial charge on any atom is -0.466 e. The lowest BCUT2D eigenvalue weighted by atomic mass is 9.99. The summed E-state index contributed by atoms with van der Waals surface area (Å²) in [5.74, 6) is 0.938. The Hall–Kier alpha value is -0.530. The van der Waals surface area contributed by atoms with Crippen molar-refractivity contribution < 1.29 is 9.53 Å². The van der Waals surface area contributed by atoms with Gasteiger partial charge in [-0.15, -0.1) is 0 Å². The molecule has 0 amide bonds. The van der Waals surface area contributed by atoms with Gasteiger partial charge in [-0.25, -0.2) is 0 Å². The van der Waals surface area contributed by atoms with Gasteiger partial charge < -0.3 is 4.74 Å². The van der Waals surface area contributed by atoms with Crippen molar-refractivity contribution in [1.82, 2.24) is 0 Å². The summed E-state index contributed by atoms with van der Waals surface area (Å²) in [5.41, 5.74) is 0. The van der Waals surface area contributed by atoms with E-state index < -0.39 is 0 Å². The van der Waals surface area contributed by atoms with Crippen LogP contribution in [0, 0.1) is 5.92 Å². The molecule has 0 aliphatic rings. The van der Waals surface area contributed by atoms with Crippen LogP contribution in [0.15, 0.2) is 0 Å². The number of hydrogen-bond donors (Lipinski definition) is 0. The van der Waals surface area contributed by atoms with Crippen LogP contribution in [0.25, 0.3) is 0 Å². The standard InChI is InChI=1S/C32H64O2/c1-4-6-7-8-9-10-11-12-15-18-21-24-27-30-34-32(33)29-26-23-20-17-14-13-16-19-22-25-28-31(3)5-2/h31H,4-30H2,1-3H3. The molecule has 0 spiro atoms. The third-order valence-electron chi connectivity index (χ3n) is 7.54. The minimum atomic E-state index is 0.0244. The van der Waals surface area contributed by atoms with Crippen LogP contribution in [0.4, 0.5) is 0 Å². The predicted molar refractivity (Wildman–Crippen MR) is 152 cm³/mol. The van der Waals surface area contributed by atoms with Crippen LogP contribution in [0.3, 0.4) is 0 Å². The second-order valence-electron chi connectivity index (χ2n) is 11.1. The number of esters is 1. The van der Waals surface area contributed by atoms with E-state index >= 15 is 0 Å². The van der Waals surface area contributed by atoms with Crippen molar-refractivity contribution >= 4 is 5.97 Å². The molecule has 0 radical (unpaired) electrons. The van der Waals surface area contributed by atoms with E-state index in [0.717, 1.165) is 18.8 Å². The molecular weight excluding hydrogens is 416 g/mol. The van der Waals surface area contributed by atoms with E-state index in [2.05, 4.69) is 20.8 Å². The number of hydrogen-bond acceptors (Lipinski definition) is 2. The van der Waals surface area contributed by atoms with Gasteiger partial charge in [-0.2, -0.15) is 0 Å². The quantitative estimate of drug-likeness (QED) is 0.0821. The smallest absolute Gasteiger partial charge is 0.305 e. The minimum absolute atomic E-state index is 0.0244. The predicted octanol–water partition coefficient (Wildman–Crippen LogP) is 11.3. The third-order valence-corrected chi connectivity index (χ3v) is 7.54. The number of ether oxygens (including phenoxy) is 1. The van der Waals surface area contributed by atoms with E-state index in [1.807, 2.05) is 0 Å². The summed E-state index contributed by atoms with van der Waals surface area (Å²) in [7, 11) is 0.